The summed E-state index contributed by atoms with van der Waals surface area (Å²) in [6, 6.07) is 71.4. The predicted molar refractivity (Wildman–Crippen MR) is 323 cm³/mol. The molecule has 0 fully saturated rings. The van der Waals surface area contributed by atoms with Crippen molar-refractivity contribution in [2.24, 2.45) is 15.7 Å². The van der Waals surface area contributed by atoms with Gasteiger partial charge in [-0.25, -0.2) is 4.99 Å². The van der Waals surface area contributed by atoms with Gasteiger partial charge in [0.1, 0.15) is 11.8 Å². The van der Waals surface area contributed by atoms with Crippen LogP contribution in [0.25, 0.3) is 16.3 Å². The zero-order valence-electron chi connectivity index (χ0n) is 44.3. The molecule has 4 aliphatic rings. The summed E-state index contributed by atoms with van der Waals surface area (Å²) in [6.07, 6.45) is 17.0. The second-order valence-electron chi connectivity index (χ2n) is 20.2. The molecule has 12 rings (SSSR count). The maximum absolute atomic E-state index is 6.18. The molecule has 8 aromatic carbocycles. The fourth-order valence-corrected chi connectivity index (χ4v) is 13.0. The third-order valence-corrected chi connectivity index (χ3v) is 16.3. The molecular weight excluding hydrogens is 935 g/mol. The molecule has 8 aromatic rings. The number of benzene rings is 8. The Morgan fingerprint density at radius 2 is 1.16 bits per heavy atom. The van der Waals surface area contributed by atoms with E-state index in [1.807, 2.05) is 49.6 Å². The van der Waals surface area contributed by atoms with Crippen LogP contribution in [0.2, 0.25) is 0 Å². The fraction of sp³-hybridized carbons (Fsp3) is 0.123. The smallest absolute Gasteiger partial charge is 0.157 e. The Kier molecular flexibility index (Phi) is 13.8. The van der Waals surface area contributed by atoms with E-state index >= 15 is 0 Å². The second-order valence-corrected chi connectivity index (χ2v) is 20.2. The SMILES string of the molecule is C=C/C=C\C1=C(C)C(C)=C(/C=C\C=C)C12c1ccccc1C1(C3=C(C=C(OC)C(c4ccccc4)C3)c3ccccc31)c1ccccc12.Cc1cccc(C(N=C(N=CN)c2ccccc2)c2cccc3ccccc23)c1. The highest BCUT2D eigenvalue weighted by Gasteiger charge is 2.60. The lowest BCUT2D eigenvalue weighted by Gasteiger charge is -2.51. The van der Waals surface area contributed by atoms with Crippen molar-refractivity contribution in [2.45, 2.75) is 50.0 Å². The summed E-state index contributed by atoms with van der Waals surface area (Å²) in [5, 5.41) is 2.39. The topological polar surface area (TPSA) is 60.0 Å². The summed E-state index contributed by atoms with van der Waals surface area (Å²) < 4.78 is 6.18. The molecule has 2 atom stereocenters. The number of allylic oxidation sites excluding steroid dienone is 14. The van der Waals surface area contributed by atoms with Crippen LogP contribution in [0.3, 0.4) is 0 Å². The van der Waals surface area contributed by atoms with Gasteiger partial charge in [-0.1, -0.05) is 255 Å². The number of methoxy groups -OCH3 is 1. The van der Waals surface area contributed by atoms with E-state index in [-0.39, 0.29) is 12.0 Å². The fourth-order valence-electron chi connectivity index (χ4n) is 13.0. The van der Waals surface area contributed by atoms with Crippen LogP contribution in [0.15, 0.2) is 299 Å². The van der Waals surface area contributed by atoms with Gasteiger partial charge in [0.25, 0.3) is 0 Å². The standard InChI is InChI=1S/C47H40O.C26H23N3/c1-6-8-22-37-31(3)32(4)38(23-9-7-2)46(37)40-25-15-17-27-42(40)47(43-28-18-16-26-41(43)46)39-24-14-13-21-34(39)36-30-45(48-5)35(29-44(36)47)33-19-11-10-12-20-33;1-19-9-7-14-22(17-19)25(24-16-8-13-20-10-5-6-15-23(20)24)29-26(28-18-27)21-11-3-2-4-12-21/h6-28,30,35H,1-2,29H2,3-5H3;2-18,25H,1H3,(H2,27,28,29)/b22-8-,23-9-;. The lowest BCUT2D eigenvalue weighted by atomic mass is 9.50. The van der Waals surface area contributed by atoms with Crippen LogP contribution in [-0.2, 0) is 15.6 Å². The minimum Gasteiger partial charge on any atom is -0.500 e. The molecule has 0 saturated carbocycles. The molecule has 2 spiro atoms. The van der Waals surface area contributed by atoms with Crippen molar-refractivity contribution >= 4 is 28.5 Å². The Labute approximate surface area is 454 Å². The summed E-state index contributed by atoms with van der Waals surface area (Å²) in [7, 11) is 1.82. The molecule has 0 heterocycles. The number of nitrogens with two attached hydrogens (primary N) is 1. The normalized spacial score (nSPS) is 17.3. The summed E-state index contributed by atoms with van der Waals surface area (Å²) in [4.78, 5) is 9.50. The monoisotopic (exact) mass is 997 g/mol. The van der Waals surface area contributed by atoms with Crippen LogP contribution in [0.1, 0.15) is 93.4 Å². The number of nitrogens with zero attached hydrogens (tertiary/aromatic N) is 2. The lowest BCUT2D eigenvalue weighted by Crippen LogP contribution is -2.45. The van der Waals surface area contributed by atoms with Crippen LogP contribution < -0.4 is 5.73 Å². The number of amidine groups is 1. The molecule has 0 saturated heterocycles. The Bertz CT molecular complexity index is 3760. The lowest BCUT2D eigenvalue weighted by molar-refractivity contribution is 0.261. The van der Waals surface area contributed by atoms with E-state index in [0.717, 1.165) is 28.9 Å². The van der Waals surface area contributed by atoms with Gasteiger partial charge in [0.05, 0.1) is 24.3 Å². The zero-order chi connectivity index (χ0) is 53.1. The van der Waals surface area contributed by atoms with Crippen LogP contribution in [0, 0.1) is 6.92 Å². The van der Waals surface area contributed by atoms with E-state index in [0.29, 0.717) is 5.84 Å². The molecular formula is C73H63N3O. The molecule has 0 amide bonds. The number of aryl methyl sites for hydroxylation is 1. The molecule has 2 unspecified atom stereocenters. The first-order valence-electron chi connectivity index (χ1n) is 26.6. The highest BCUT2D eigenvalue weighted by atomic mass is 16.5. The third-order valence-electron chi connectivity index (χ3n) is 16.3. The minimum absolute atomic E-state index is 0.115. The summed E-state index contributed by atoms with van der Waals surface area (Å²) in [5.74, 6) is 1.75. The maximum atomic E-state index is 6.18. The average molecular weight is 998 g/mol. The Balaban J connectivity index is 0.000000186. The largest absolute Gasteiger partial charge is 0.500 e. The van der Waals surface area contributed by atoms with E-state index < -0.39 is 10.8 Å². The van der Waals surface area contributed by atoms with Crippen molar-refractivity contribution in [1.29, 1.82) is 0 Å². The zero-order valence-corrected chi connectivity index (χ0v) is 44.3. The van der Waals surface area contributed by atoms with Crippen LogP contribution in [0.5, 0.6) is 0 Å². The molecule has 2 N–H and O–H groups in total. The first kappa shape index (κ1) is 50.1. The molecule has 0 bridgehead atoms. The van der Waals surface area contributed by atoms with Crippen molar-refractivity contribution in [3.8, 4) is 0 Å². The number of rotatable bonds is 10. The molecule has 0 aromatic heterocycles. The van der Waals surface area contributed by atoms with Gasteiger partial charge in [-0.2, -0.15) is 0 Å². The van der Waals surface area contributed by atoms with Gasteiger partial charge in [-0.3, -0.25) is 4.99 Å². The van der Waals surface area contributed by atoms with E-state index in [2.05, 4.69) is 239 Å². The third kappa shape index (κ3) is 8.33. The van der Waals surface area contributed by atoms with E-state index in [1.54, 1.807) is 0 Å². The summed E-state index contributed by atoms with van der Waals surface area (Å²) >= 11 is 0. The van der Waals surface area contributed by atoms with Gasteiger partial charge in [-0.15, -0.1) is 0 Å². The number of hydrogen-bond donors (Lipinski definition) is 1. The van der Waals surface area contributed by atoms with Crippen LogP contribution in [-0.4, -0.2) is 19.3 Å². The number of ether oxygens (including phenoxy) is 1. The van der Waals surface area contributed by atoms with Crippen molar-refractivity contribution in [3.63, 3.8) is 0 Å². The molecule has 376 valence electrons. The Hall–Kier alpha value is -9.12. The predicted octanol–water partition coefficient (Wildman–Crippen LogP) is 16.9. The number of fused-ring (bicyclic) bond motifs is 11. The molecule has 4 aliphatic carbocycles. The second kappa shape index (κ2) is 21.2. The Morgan fingerprint density at radius 1 is 0.610 bits per heavy atom. The van der Waals surface area contributed by atoms with E-state index in [9.17, 15) is 0 Å². The number of aliphatic imine (C=N–C) groups is 2. The quantitative estimate of drug-likeness (QED) is 0.0843. The van der Waals surface area contributed by atoms with Crippen LogP contribution >= 0.6 is 0 Å². The molecule has 4 heteroatoms. The van der Waals surface area contributed by atoms with Crippen LogP contribution in [0.4, 0.5) is 0 Å². The van der Waals surface area contributed by atoms with Crippen molar-refractivity contribution in [3.05, 3.63) is 351 Å². The van der Waals surface area contributed by atoms with Gasteiger partial charge in [-0.05, 0) is 128 Å². The summed E-state index contributed by atoms with van der Waals surface area (Å²) in [5.41, 5.74) is 26.3. The molecule has 4 nitrogen and oxygen atoms in total. The molecule has 77 heavy (non-hydrogen) atoms. The molecule has 0 aliphatic heterocycles. The number of hydrogen-bond acceptors (Lipinski definition) is 2. The van der Waals surface area contributed by atoms with Crippen molar-refractivity contribution < 1.29 is 4.74 Å². The van der Waals surface area contributed by atoms with Gasteiger partial charge in [0.2, 0.25) is 0 Å². The highest BCUT2D eigenvalue weighted by Crippen LogP contribution is 2.68. The van der Waals surface area contributed by atoms with Gasteiger partial charge < -0.3 is 10.5 Å². The Morgan fingerprint density at radius 3 is 1.77 bits per heavy atom. The van der Waals surface area contributed by atoms with E-state index in [1.165, 1.54) is 95.1 Å². The van der Waals surface area contributed by atoms with Crippen molar-refractivity contribution in [2.75, 3.05) is 7.11 Å². The average Bonchev–Trinajstić information content (AvgIpc) is 3.73. The molecule has 0 radical (unpaired) electrons. The van der Waals surface area contributed by atoms with E-state index in [4.69, 9.17) is 15.5 Å². The van der Waals surface area contributed by atoms with Gasteiger partial charge >= 0.3 is 0 Å². The minimum atomic E-state index is -0.509. The van der Waals surface area contributed by atoms with Crippen molar-refractivity contribution in [1.82, 2.24) is 0 Å². The first-order valence-corrected chi connectivity index (χ1v) is 26.6. The first-order chi connectivity index (χ1) is 37.8. The van der Waals surface area contributed by atoms with Gasteiger partial charge in [0, 0.05) is 11.5 Å². The van der Waals surface area contributed by atoms with Gasteiger partial charge in [0.15, 0.2) is 5.84 Å². The maximum Gasteiger partial charge on any atom is 0.157 e. The highest BCUT2D eigenvalue weighted by molar-refractivity contribution is 6.03. The summed E-state index contributed by atoms with van der Waals surface area (Å²) in [6.45, 7) is 14.8.